The molecule has 0 radical (unpaired) electrons. The van der Waals surface area contributed by atoms with Crippen LogP contribution >= 0.6 is 0 Å². The highest BCUT2D eigenvalue weighted by atomic mass is 32.2. The summed E-state index contributed by atoms with van der Waals surface area (Å²) < 4.78 is 30.3. The number of aromatic carboxylic acids is 1. The number of hydrogen-bond acceptors (Lipinski definition) is 4. The fraction of sp³-hybridized carbons (Fsp3) is 0.444. The van der Waals surface area contributed by atoms with E-state index in [0.29, 0.717) is 23.1 Å². The van der Waals surface area contributed by atoms with Crippen molar-refractivity contribution in [2.75, 3.05) is 4.72 Å². The van der Waals surface area contributed by atoms with E-state index in [-0.39, 0.29) is 10.5 Å². The molecule has 26 heavy (non-hydrogen) atoms. The van der Waals surface area contributed by atoms with E-state index < -0.39 is 16.0 Å². The number of carboxylic acids is 1. The molecular weight excluding hydrogens is 354 g/mol. The Kier molecular flexibility index (Phi) is 4.79. The van der Waals surface area contributed by atoms with Gasteiger partial charge in [0.1, 0.15) is 0 Å². The summed E-state index contributed by atoms with van der Waals surface area (Å²) in [5.74, 6) is -0.448. The fourth-order valence-corrected chi connectivity index (χ4v) is 4.31. The zero-order valence-corrected chi connectivity index (χ0v) is 15.9. The first-order valence-corrected chi connectivity index (χ1v) is 10.1. The third-order valence-electron chi connectivity index (χ3n) is 4.35. The Morgan fingerprint density at radius 1 is 1.38 bits per heavy atom. The molecule has 140 valence electrons. The van der Waals surface area contributed by atoms with Gasteiger partial charge in [0.25, 0.3) is 10.0 Å². The van der Waals surface area contributed by atoms with Gasteiger partial charge in [-0.25, -0.2) is 13.2 Å². The predicted octanol–water partition coefficient (Wildman–Crippen LogP) is 3.22. The van der Waals surface area contributed by atoms with Crippen LogP contribution in [0.5, 0.6) is 0 Å². The molecule has 1 aliphatic carbocycles. The Morgan fingerprint density at radius 2 is 2.08 bits per heavy atom. The maximum Gasteiger partial charge on any atom is 0.335 e. The number of anilines is 1. The molecule has 0 amide bonds. The number of aryl methyl sites for hydroxylation is 1. The summed E-state index contributed by atoms with van der Waals surface area (Å²) in [4.78, 5) is 11.1. The van der Waals surface area contributed by atoms with Crippen molar-refractivity contribution in [2.24, 2.45) is 5.92 Å². The molecule has 1 aromatic carbocycles. The number of aromatic nitrogens is 2. The van der Waals surface area contributed by atoms with Crippen LogP contribution in [0.3, 0.4) is 0 Å². The Labute approximate surface area is 153 Å². The van der Waals surface area contributed by atoms with Crippen molar-refractivity contribution in [1.82, 2.24) is 9.78 Å². The first kappa shape index (κ1) is 18.4. The molecule has 0 bridgehead atoms. The fourth-order valence-electron chi connectivity index (χ4n) is 2.97. The topological polar surface area (TPSA) is 101 Å². The molecule has 0 atom stereocenters. The van der Waals surface area contributed by atoms with E-state index in [0.717, 1.165) is 25.1 Å². The molecule has 8 heteroatoms. The van der Waals surface area contributed by atoms with E-state index in [2.05, 4.69) is 23.7 Å². The van der Waals surface area contributed by atoms with Gasteiger partial charge in [-0.05, 0) is 43.4 Å². The maximum atomic E-state index is 12.9. The van der Waals surface area contributed by atoms with E-state index in [1.165, 1.54) is 18.2 Å². The van der Waals surface area contributed by atoms with Crippen LogP contribution < -0.4 is 4.72 Å². The number of hydrogen-bond donors (Lipinski definition) is 2. The first-order chi connectivity index (χ1) is 12.2. The standard InChI is InChI=1S/C18H23N3O4S/c1-11(2)10-21-17(13-6-7-13)15(9-19-21)20-26(24,25)16-8-14(18(22)23)5-4-12(16)3/h4-5,8-9,11,13,20H,6-7,10H2,1-3H3,(H,22,23). The zero-order valence-electron chi connectivity index (χ0n) is 15.1. The minimum atomic E-state index is -3.91. The smallest absolute Gasteiger partial charge is 0.335 e. The van der Waals surface area contributed by atoms with Crippen molar-refractivity contribution in [1.29, 1.82) is 0 Å². The van der Waals surface area contributed by atoms with Gasteiger partial charge in [-0.2, -0.15) is 5.10 Å². The van der Waals surface area contributed by atoms with Crippen LogP contribution in [0.4, 0.5) is 5.69 Å². The molecule has 0 aliphatic heterocycles. The van der Waals surface area contributed by atoms with Crippen molar-refractivity contribution >= 4 is 21.7 Å². The van der Waals surface area contributed by atoms with Gasteiger partial charge in [-0.15, -0.1) is 0 Å². The lowest BCUT2D eigenvalue weighted by Crippen LogP contribution is -2.17. The average Bonchev–Trinajstić information content (AvgIpc) is 3.30. The molecule has 1 fully saturated rings. The molecule has 1 aliphatic rings. The summed E-state index contributed by atoms with van der Waals surface area (Å²) >= 11 is 0. The SMILES string of the molecule is Cc1ccc(C(=O)O)cc1S(=O)(=O)Nc1cnn(CC(C)C)c1C1CC1. The number of carboxylic acid groups (broad SMARTS) is 1. The lowest BCUT2D eigenvalue weighted by atomic mass is 10.1. The quantitative estimate of drug-likeness (QED) is 0.771. The van der Waals surface area contributed by atoms with E-state index in [1.54, 1.807) is 13.1 Å². The van der Waals surface area contributed by atoms with Crippen LogP contribution in [0.2, 0.25) is 0 Å². The number of carbonyl (C=O) groups is 1. The van der Waals surface area contributed by atoms with Crippen LogP contribution in [0.15, 0.2) is 29.3 Å². The van der Waals surface area contributed by atoms with Crippen molar-refractivity contribution in [3.05, 3.63) is 41.2 Å². The summed E-state index contributed by atoms with van der Waals surface area (Å²) in [6, 6.07) is 4.09. The first-order valence-electron chi connectivity index (χ1n) is 8.61. The molecule has 1 aromatic heterocycles. The lowest BCUT2D eigenvalue weighted by molar-refractivity contribution is 0.0696. The number of nitrogens with zero attached hydrogens (tertiary/aromatic N) is 2. The van der Waals surface area contributed by atoms with Gasteiger partial charge < -0.3 is 5.11 Å². The number of rotatable bonds is 7. The Bertz CT molecular complexity index is 943. The second-order valence-corrected chi connectivity index (χ2v) is 8.84. The van der Waals surface area contributed by atoms with Gasteiger partial charge in [0, 0.05) is 12.5 Å². The summed E-state index contributed by atoms with van der Waals surface area (Å²) in [5, 5.41) is 13.5. The van der Waals surface area contributed by atoms with Gasteiger partial charge in [0.15, 0.2) is 0 Å². The number of nitrogens with one attached hydrogen (secondary N) is 1. The second kappa shape index (κ2) is 6.75. The van der Waals surface area contributed by atoms with Crippen LogP contribution in [-0.2, 0) is 16.6 Å². The normalized spacial score (nSPS) is 14.6. The van der Waals surface area contributed by atoms with E-state index >= 15 is 0 Å². The minimum Gasteiger partial charge on any atom is -0.478 e. The highest BCUT2D eigenvalue weighted by Gasteiger charge is 2.32. The maximum absolute atomic E-state index is 12.9. The molecule has 0 spiro atoms. The van der Waals surface area contributed by atoms with Crippen LogP contribution in [-0.4, -0.2) is 29.3 Å². The van der Waals surface area contributed by atoms with Gasteiger partial charge in [-0.3, -0.25) is 9.40 Å². The summed E-state index contributed by atoms with van der Waals surface area (Å²) in [6.07, 6.45) is 3.59. The lowest BCUT2D eigenvalue weighted by Gasteiger charge is -2.13. The number of benzene rings is 1. The van der Waals surface area contributed by atoms with Crippen molar-refractivity contribution < 1.29 is 18.3 Å². The average molecular weight is 377 g/mol. The Balaban J connectivity index is 1.97. The van der Waals surface area contributed by atoms with Crippen molar-refractivity contribution in [2.45, 2.75) is 51.0 Å². The Hall–Kier alpha value is -2.35. The van der Waals surface area contributed by atoms with Crippen LogP contribution in [0.25, 0.3) is 0 Å². The predicted molar refractivity (Wildman–Crippen MR) is 98.0 cm³/mol. The third kappa shape index (κ3) is 3.75. The monoisotopic (exact) mass is 377 g/mol. The summed E-state index contributed by atoms with van der Waals surface area (Å²) in [5.41, 5.74) is 1.82. The molecule has 1 heterocycles. The molecule has 2 N–H and O–H groups in total. The third-order valence-corrected chi connectivity index (χ3v) is 5.86. The highest BCUT2D eigenvalue weighted by Crippen LogP contribution is 2.44. The largest absolute Gasteiger partial charge is 0.478 e. The van der Waals surface area contributed by atoms with Crippen LogP contribution in [0, 0.1) is 12.8 Å². The van der Waals surface area contributed by atoms with E-state index in [9.17, 15) is 13.2 Å². The summed E-state index contributed by atoms with van der Waals surface area (Å²) in [6.45, 7) is 6.54. The van der Waals surface area contributed by atoms with E-state index in [4.69, 9.17) is 5.11 Å². The van der Waals surface area contributed by atoms with E-state index in [1.807, 2.05) is 4.68 Å². The zero-order chi connectivity index (χ0) is 19.1. The van der Waals surface area contributed by atoms with Crippen LogP contribution in [0.1, 0.15) is 54.2 Å². The summed E-state index contributed by atoms with van der Waals surface area (Å²) in [7, 11) is -3.91. The molecule has 0 unspecified atom stereocenters. The van der Waals surface area contributed by atoms with Gasteiger partial charge >= 0.3 is 5.97 Å². The molecule has 1 saturated carbocycles. The number of sulfonamides is 1. The van der Waals surface area contributed by atoms with Gasteiger partial charge in [0.2, 0.25) is 0 Å². The highest BCUT2D eigenvalue weighted by molar-refractivity contribution is 7.92. The molecule has 7 nitrogen and oxygen atoms in total. The molecule has 2 aromatic rings. The second-order valence-electron chi connectivity index (χ2n) is 7.18. The molecule has 0 saturated heterocycles. The van der Waals surface area contributed by atoms with Crippen molar-refractivity contribution in [3.8, 4) is 0 Å². The van der Waals surface area contributed by atoms with Gasteiger partial charge in [0.05, 0.1) is 28.0 Å². The van der Waals surface area contributed by atoms with Crippen molar-refractivity contribution in [3.63, 3.8) is 0 Å². The molecular formula is C18H23N3O4S. The van der Waals surface area contributed by atoms with Gasteiger partial charge in [-0.1, -0.05) is 19.9 Å². The molecule has 3 rings (SSSR count). The minimum absolute atomic E-state index is 0.0317. The Morgan fingerprint density at radius 3 is 2.65 bits per heavy atom.